The third-order valence-electron chi connectivity index (χ3n) is 9.21. The molecule has 6 rings (SSSR count). The standard InChI is InChI=1S/C30H24BrCl2F3N2O7/c31-13-38-26(43)28(32)12-20-17(23(29(28,33)27(38)44)19-11-16(5-8-21(19)40)45-30(34,35)36)6-7-18-22(20)25(42)37(24(18)41)10-9-14-1-3-15(39)4-2-14/h1-6,8,11,18,20,22-23,39-40H,7,9-10,12-13H2/t18-,20+,22-,23+,28+,29-/m0/s1. The Bertz CT molecular complexity index is 1650. The van der Waals surface area contributed by atoms with Crippen LogP contribution in [-0.2, 0) is 25.6 Å². The SMILES string of the molecule is O=C1[C@H]2[C@H](CC=C3[C@H]2C[C@@]2(Cl)C(=O)N(CBr)C(=O)[C@@]2(Cl)[C@H]3c2cc(OC(F)(F)F)ccc2O)C(=O)N1CCc1ccc(O)cc1. The van der Waals surface area contributed by atoms with E-state index in [1.807, 2.05) is 0 Å². The second kappa shape index (κ2) is 10.9. The van der Waals surface area contributed by atoms with Gasteiger partial charge in [-0.25, -0.2) is 0 Å². The van der Waals surface area contributed by atoms with Crippen molar-refractivity contribution >= 4 is 62.8 Å². The number of hydrogen-bond donors (Lipinski definition) is 2. The number of ether oxygens (including phenoxy) is 1. The number of fused-ring (bicyclic) bond motifs is 4. The molecule has 2 aromatic rings. The van der Waals surface area contributed by atoms with Crippen LogP contribution in [0.4, 0.5) is 13.2 Å². The van der Waals surface area contributed by atoms with Gasteiger partial charge in [-0.2, -0.15) is 0 Å². The fraction of sp³-hybridized carbons (Fsp3) is 0.400. The number of rotatable bonds is 6. The summed E-state index contributed by atoms with van der Waals surface area (Å²) in [6, 6.07) is 9.00. The Balaban J connectivity index is 1.44. The van der Waals surface area contributed by atoms with Gasteiger partial charge in [-0.3, -0.25) is 29.0 Å². The van der Waals surface area contributed by atoms with Gasteiger partial charge >= 0.3 is 6.36 Å². The number of aromatic hydroxyl groups is 2. The average molecular weight is 732 g/mol. The number of alkyl halides is 6. The van der Waals surface area contributed by atoms with E-state index in [1.165, 1.54) is 12.1 Å². The van der Waals surface area contributed by atoms with Crippen molar-refractivity contribution in [3.63, 3.8) is 0 Å². The van der Waals surface area contributed by atoms with Gasteiger partial charge in [0.15, 0.2) is 9.75 Å². The Morgan fingerprint density at radius 1 is 0.956 bits per heavy atom. The quantitative estimate of drug-likeness (QED) is 0.187. The van der Waals surface area contributed by atoms with Gasteiger partial charge in [-0.05, 0) is 61.1 Å². The fourth-order valence-electron chi connectivity index (χ4n) is 7.25. The Kier molecular flexibility index (Phi) is 7.68. The molecule has 2 N–H and O–H groups in total. The van der Waals surface area contributed by atoms with E-state index in [0.29, 0.717) is 12.0 Å². The van der Waals surface area contributed by atoms with Crippen LogP contribution in [0.25, 0.3) is 0 Å². The first-order chi connectivity index (χ1) is 21.1. The molecule has 2 aromatic carbocycles. The molecule has 2 saturated heterocycles. The molecule has 238 valence electrons. The van der Waals surface area contributed by atoms with Crippen LogP contribution in [0.2, 0.25) is 0 Å². The van der Waals surface area contributed by atoms with E-state index in [1.54, 1.807) is 18.2 Å². The molecule has 2 heterocycles. The summed E-state index contributed by atoms with van der Waals surface area (Å²) in [4.78, 5) is 52.4. The van der Waals surface area contributed by atoms with E-state index >= 15 is 0 Å². The summed E-state index contributed by atoms with van der Waals surface area (Å²) in [5, 5.41) is 20.5. The normalized spacial score (nSPS) is 31.1. The van der Waals surface area contributed by atoms with Gasteiger partial charge in [0.2, 0.25) is 11.8 Å². The number of amides is 4. The van der Waals surface area contributed by atoms with Crippen molar-refractivity contribution in [3.8, 4) is 17.2 Å². The zero-order chi connectivity index (χ0) is 32.6. The van der Waals surface area contributed by atoms with Gasteiger partial charge in [0.25, 0.3) is 11.8 Å². The summed E-state index contributed by atoms with van der Waals surface area (Å²) < 4.78 is 43.6. The summed E-state index contributed by atoms with van der Waals surface area (Å²) in [6.07, 6.45) is -3.44. The molecule has 45 heavy (non-hydrogen) atoms. The minimum absolute atomic E-state index is 0.0405. The van der Waals surface area contributed by atoms with Crippen LogP contribution in [0, 0.1) is 17.8 Å². The van der Waals surface area contributed by atoms with Crippen molar-refractivity contribution in [2.24, 2.45) is 17.8 Å². The number of hydrogen-bond acceptors (Lipinski definition) is 7. The number of phenols is 2. The van der Waals surface area contributed by atoms with E-state index in [4.69, 9.17) is 23.2 Å². The Morgan fingerprint density at radius 2 is 1.64 bits per heavy atom. The molecule has 0 unspecified atom stereocenters. The summed E-state index contributed by atoms with van der Waals surface area (Å²) in [6.45, 7) is 0.0405. The van der Waals surface area contributed by atoms with E-state index in [9.17, 15) is 42.6 Å². The fourth-order valence-corrected chi connectivity index (χ4v) is 8.67. The topological polar surface area (TPSA) is 124 Å². The summed E-state index contributed by atoms with van der Waals surface area (Å²) >= 11 is 17.3. The zero-order valence-corrected chi connectivity index (χ0v) is 26.2. The van der Waals surface area contributed by atoms with Crippen LogP contribution >= 0.6 is 39.1 Å². The molecule has 0 bridgehead atoms. The van der Waals surface area contributed by atoms with Crippen LogP contribution in [0.1, 0.15) is 29.9 Å². The van der Waals surface area contributed by atoms with Crippen LogP contribution in [0.3, 0.4) is 0 Å². The lowest BCUT2D eigenvalue weighted by atomic mass is 9.56. The summed E-state index contributed by atoms with van der Waals surface area (Å²) in [7, 11) is 0. The highest BCUT2D eigenvalue weighted by Gasteiger charge is 2.76. The van der Waals surface area contributed by atoms with Gasteiger partial charge < -0.3 is 14.9 Å². The smallest absolute Gasteiger partial charge is 0.508 e. The number of imide groups is 2. The van der Waals surface area contributed by atoms with Crippen molar-refractivity contribution in [2.75, 3.05) is 12.0 Å². The maximum absolute atomic E-state index is 13.9. The molecule has 0 radical (unpaired) electrons. The summed E-state index contributed by atoms with van der Waals surface area (Å²) in [5.41, 5.74) is 0.528. The number of carbonyl (C=O) groups is 4. The molecule has 4 aliphatic rings. The highest BCUT2D eigenvalue weighted by molar-refractivity contribution is 9.09. The molecule has 6 atom stereocenters. The van der Waals surface area contributed by atoms with Crippen molar-refractivity contribution in [3.05, 3.63) is 65.2 Å². The molecule has 0 spiro atoms. The average Bonchev–Trinajstić information content (AvgIpc) is 3.30. The number of nitrogens with zero attached hydrogens (tertiary/aromatic N) is 2. The molecule has 1 saturated carbocycles. The van der Waals surface area contributed by atoms with Gasteiger partial charge in [0.05, 0.1) is 17.3 Å². The number of benzene rings is 2. The van der Waals surface area contributed by atoms with E-state index < -0.39 is 74.9 Å². The first kappa shape index (κ1) is 31.7. The lowest BCUT2D eigenvalue weighted by molar-refractivity contribution is -0.274. The van der Waals surface area contributed by atoms with Crippen LogP contribution in [-0.4, -0.2) is 71.8 Å². The lowest BCUT2D eigenvalue weighted by Crippen LogP contribution is -2.60. The number of likely N-dealkylation sites (tertiary alicyclic amines) is 2. The predicted octanol–water partition coefficient (Wildman–Crippen LogP) is 4.95. The lowest BCUT2D eigenvalue weighted by Gasteiger charge is -2.50. The first-order valence-electron chi connectivity index (χ1n) is 13.8. The molecule has 15 heteroatoms. The van der Waals surface area contributed by atoms with Crippen molar-refractivity contribution in [1.29, 1.82) is 0 Å². The number of phenolic OH excluding ortho intramolecular Hbond substituents is 2. The molecular formula is C30H24BrCl2F3N2O7. The molecule has 0 aromatic heterocycles. The van der Waals surface area contributed by atoms with Gasteiger partial charge in [0.1, 0.15) is 17.2 Å². The highest BCUT2D eigenvalue weighted by Crippen LogP contribution is 2.66. The van der Waals surface area contributed by atoms with Gasteiger partial charge in [-0.15, -0.1) is 36.4 Å². The van der Waals surface area contributed by atoms with E-state index in [-0.39, 0.29) is 36.2 Å². The Labute approximate surface area is 272 Å². The summed E-state index contributed by atoms with van der Waals surface area (Å²) in [5.74, 6) is -8.17. The molecule has 4 amide bonds. The highest BCUT2D eigenvalue weighted by atomic mass is 79.9. The third-order valence-corrected chi connectivity index (χ3v) is 11.1. The number of halogens is 6. The van der Waals surface area contributed by atoms with E-state index in [2.05, 4.69) is 20.7 Å². The number of carbonyl (C=O) groups excluding carboxylic acids is 4. The first-order valence-corrected chi connectivity index (χ1v) is 15.7. The monoisotopic (exact) mass is 730 g/mol. The van der Waals surface area contributed by atoms with Crippen molar-refractivity contribution in [2.45, 2.75) is 41.3 Å². The third kappa shape index (κ3) is 4.80. The molecule has 2 aliphatic carbocycles. The van der Waals surface area contributed by atoms with E-state index in [0.717, 1.165) is 33.6 Å². The van der Waals surface area contributed by atoms with Crippen LogP contribution in [0.15, 0.2) is 54.1 Å². The molecular weight excluding hydrogens is 708 g/mol. The maximum Gasteiger partial charge on any atom is 0.573 e. The molecule has 3 fully saturated rings. The van der Waals surface area contributed by atoms with Gasteiger partial charge in [-0.1, -0.05) is 39.7 Å². The predicted molar refractivity (Wildman–Crippen MR) is 157 cm³/mol. The molecule has 9 nitrogen and oxygen atoms in total. The van der Waals surface area contributed by atoms with Crippen molar-refractivity contribution < 1.29 is 47.3 Å². The number of allylic oxidation sites excluding steroid dienone is 2. The second-order valence-corrected chi connectivity index (χ2v) is 13.2. The minimum Gasteiger partial charge on any atom is -0.508 e. The zero-order valence-electron chi connectivity index (χ0n) is 23.1. The molecule has 2 aliphatic heterocycles. The Morgan fingerprint density at radius 3 is 2.29 bits per heavy atom. The largest absolute Gasteiger partial charge is 0.573 e. The Hall–Kier alpha value is -3.29. The van der Waals surface area contributed by atoms with Crippen molar-refractivity contribution in [1.82, 2.24) is 9.80 Å². The van der Waals surface area contributed by atoms with Crippen LogP contribution in [0.5, 0.6) is 17.2 Å². The minimum atomic E-state index is -5.08. The van der Waals surface area contributed by atoms with Gasteiger partial charge in [0, 0.05) is 18.0 Å². The maximum atomic E-state index is 13.9. The van der Waals surface area contributed by atoms with Crippen LogP contribution < -0.4 is 4.74 Å². The second-order valence-electron chi connectivity index (χ2n) is 11.5.